The normalized spacial score (nSPS) is 18.3. The topological polar surface area (TPSA) is 65.2 Å². The SMILES string of the molecule is O=C(Nc1ccc[nH]c1=O)N1CCC[C@@H](c2ccccc2)CC1. The third-order valence-corrected chi connectivity index (χ3v) is 4.35. The standard InChI is InChI=1S/C18H21N3O2/c22-17-16(9-4-11-19-17)20-18(23)21-12-5-8-15(10-13-21)14-6-2-1-3-7-14/h1-4,6-7,9,11,15H,5,8,10,12-13H2,(H,19,22)(H,20,23)/t15-/m1/s1. The molecule has 5 nitrogen and oxygen atoms in total. The summed E-state index contributed by atoms with van der Waals surface area (Å²) < 4.78 is 0. The number of nitrogens with one attached hydrogen (secondary N) is 2. The number of carbonyl (C=O) groups excluding carboxylic acids is 1. The van der Waals surface area contributed by atoms with Gasteiger partial charge in [-0.15, -0.1) is 0 Å². The Labute approximate surface area is 135 Å². The Kier molecular flexibility index (Phi) is 4.76. The number of carbonyl (C=O) groups is 1. The van der Waals surface area contributed by atoms with Crippen LogP contribution >= 0.6 is 0 Å². The Morgan fingerprint density at radius 3 is 2.70 bits per heavy atom. The number of hydrogen-bond acceptors (Lipinski definition) is 2. The number of rotatable bonds is 2. The molecule has 2 aromatic rings. The van der Waals surface area contributed by atoms with Gasteiger partial charge in [0.1, 0.15) is 5.69 Å². The van der Waals surface area contributed by atoms with E-state index in [-0.39, 0.29) is 11.6 Å². The van der Waals surface area contributed by atoms with Crippen molar-refractivity contribution in [2.24, 2.45) is 0 Å². The zero-order valence-electron chi connectivity index (χ0n) is 13.0. The molecule has 0 spiro atoms. The summed E-state index contributed by atoms with van der Waals surface area (Å²) in [6, 6.07) is 13.6. The number of aromatic nitrogens is 1. The number of amides is 2. The molecule has 1 saturated heterocycles. The molecule has 1 aliphatic rings. The van der Waals surface area contributed by atoms with Gasteiger partial charge in [0.25, 0.3) is 5.56 Å². The van der Waals surface area contributed by atoms with Gasteiger partial charge in [-0.3, -0.25) is 4.79 Å². The smallest absolute Gasteiger partial charge is 0.321 e. The number of aromatic amines is 1. The van der Waals surface area contributed by atoms with Gasteiger partial charge in [0, 0.05) is 19.3 Å². The van der Waals surface area contributed by atoms with Crippen molar-refractivity contribution >= 4 is 11.7 Å². The highest BCUT2D eigenvalue weighted by Crippen LogP contribution is 2.27. The van der Waals surface area contributed by atoms with Crippen molar-refractivity contribution in [1.29, 1.82) is 0 Å². The molecular formula is C18H21N3O2. The van der Waals surface area contributed by atoms with Crippen LogP contribution in [0.4, 0.5) is 10.5 Å². The van der Waals surface area contributed by atoms with Crippen LogP contribution in [0.5, 0.6) is 0 Å². The van der Waals surface area contributed by atoms with E-state index in [0.717, 1.165) is 25.8 Å². The maximum absolute atomic E-state index is 12.4. The van der Waals surface area contributed by atoms with Crippen molar-refractivity contribution in [3.8, 4) is 0 Å². The van der Waals surface area contributed by atoms with Gasteiger partial charge in [-0.2, -0.15) is 0 Å². The Bertz CT molecular complexity index is 711. The second-order valence-electron chi connectivity index (χ2n) is 5.87. The first-order valence-corrected chi connectivity index (χ1v) is 8.02. The van der Waals surface area contributed by atoms with Crippen LogP contribution in [-0.2, 0) is 0 Å². The van der Waals surface area contributed by atoms with Crippen LogP contribution < -0.4 is 10.9 Å². The van der Waals surface area contributed by atoms with Gasteiger partial charge in [-0.1, -0.05) is 30.3 Å². The quantitative estimate of drug-likeness (QED) is 0.894. The third-order valence-electron chi connectivity index (χ3n) is 4.35. The van der Waals surface area contributed by atoms with Gasteiger partial charge in [0.15, 0.2) is 0 Å². The van der Waals surface area contributed by atoms with Gasteiger partial charge in [-0.05, 0) is 42.9 Å². The zero-order valence-corrected chi connectivity index (χ0v) is 13.0. The minimum atomic E-state index is -0.280. The summed E-state index contributed by atoms with van der Waals surface area (Å²) in [4.78, 5) is 28.4. The Morgan fingerprint density at radius 1 is 1.09 bits per heavy atom. The van der Waals surface area contributed by atoms with Crippen molar-refractivity contribution in [2.75, 3.05) is 18.4 Å². The first-order valence-electron chi connectivity index (χ1n) is 8.02. The van der Waals surface area contributed by atoms with Crippen molar-refractivity contribution in [2.45, 2.75) is 25.2 Å². The minimum Gasteiger partial charge on any atom is -0.327 e. The highest BCUT2D eigenvalue weighted by atomic mass is 16.2. The number of nitrogens with zero attached hydrogens (tertiary/aromatic N) is 1. The van der Waals surface area contributed by atoms with E-state index < -0.39 is 0 Å². The lowest BCUT2D eigenvalue weighted by Crippen LogP contribution is -2.37. The molecule has 1 aromatic carbocycles. The molecule has 2 amide bonds. The molecule has 1 fully saturated rings. The number of likely N-dealkylation sites (tertiary alicyclic amines) is 1. The summed E-state index contributed by atoms with van der Waals surface area (Å²) in [6.07, 6.45) is 4.55. The van der Waals surface area contributed by atoms with Gasteiger partial charge < -0.3 is 15.2 Å². The molecular weight excluding hydrogens is 290 g/mol. The maximum Gasteiger partial charge on any atom is 0.321 e. The van der Waals surface area contributed by atoms with Crippen molar-refractivity contribution in [3.05, 3.63) is 64.6 Å². The van der Waals surface area contributed by atoms with Gasteiger partial charge in [0.2, 0.25) is 0 Å². The van der Waals surface area contributed by atoms with Gasteiger partial charge >= 0.3 is 6.03 Å². The number of urea groups is 1. The predicted molar refractivity (Wildman–Crippen MR) is 90.7 cm³/mol. The number of H-pyrrole nitrogens is 1. The summed E-state index contributed by atoms with van der Waals surface area (Å²) in [5, 5.41) is 2.71. The van der Waals surface area contributed by atoms with E-state index in [0.29, 0.717) is 18.2 Å². The van der Waals surface area contributed by atoms with E-state index in [4.69, 9.17) is 0 Å². The average molecular weight is 311 g/mol. The average Bonchev–Trinajstić information content (AvgIpc) is 2.84. The number of anilines is 1. The Hall–Kier alpha value is -2.56. The molecule has 23 heavy (non-hydrogen) atoms. The minimum absolute atomic E-state index is 0.199. The summed E-state index contributed by atoms with van der Waals surface area (Å²) in [5.41, 5.74) is 1.36. The third kappa shape index (κ3) is 3.80. The number of pyridine rings is 1. The lowest BCUT2D eigenvalue weighted by atomic mass is 9.92. The summed E-state index contributed by atoms with van der Waals surface area (Å²) in [5.74, 6) is 0.495. The second kappa shape index (κ2) is 7.13. The van der Waals surface area contributed by atoms with Crippen LogP contribution in [0.1, 0.15) is 30.7 Å². The van der Waals surface area contributed by atoms with Crippen LogP contribution in [0, 0.1) is 0 Å². The van der Waals surface area contributed by atoms with Crippen LogP contribution in [0.2, 0.25) is 0 Å². The van der Waals surface area contributed by atoms with E-state index in [2.05, 4.69) is 34.6 Å². The van der Waals surface area contributed by atoms with Gasteiger partial charge in [0.05, 0.1) is 0 Å². The van der Waals surface area contributed by atoms with E-state index in [1.165, 1.54) is 5.56 Å². The fourth-order valence-corrected chi connectivity index (χ4v) is 3.07. The number of hydrogen-bond donors (Lipinski definition) is 2. The molecule has 2 heterocycles. The summed E-state index contributed by atoms with van der Waals surface area (Å²) in [7, 11) is 0. The molecule has 5 heteroatoms. The van der Waals surface area contributed by atoms with Crippen molar-refractivity contribution < 1.29 is 4.79 Å². The summed E-state index contributed by atoms with van der Waals surface area (Å²) in [6.45, 7) is 1.43. The van der Waals surface area contributed by atoms with Crippen LogP contribution in [0.3, 0.4) is 0 Å². The zero-order chi connectivity index (χ0) is 16.1. The Morgan fingerprint density at radius 2 is 1.91 bits per heavy atom. The fraction of sp³-hybridized carbons (Fsp3) is 0.333. The molecule has 120 valence electrons. The molecule has 2 N–H and O–H groups in total. The first kappa shape index (κ1) is 15.3. The largest absolute Gasteiger partial charge is 0.327 e. The van der Waals surface area contributed by atoms with E-state index >= 15 is 0 Å². The monoisotopic (exact) mass is 311 g/mol. The first-order chi connectivity index (χ1) is 11.2. The highest BCUT2D eigenvalue weighted by molar-refractivity contribution is 5.89. The fourth-order valence-electron chi connectivity index (χ4n) is 3.07. The lowest BCUT2D eigenvalue weighted by molar-refractivity contribution is 0.213. The highest BCUT2D eigenvalue weighted by Gasteiger charge is 2.21. The van der Waals surface area contributed by atoms with Crippen LogP contribution in [-0.4, -0.2) is 29.0 Å². The molecule has 1 atom stereocenters. The molecule has 0 saturated carbocycles. The molecule has 1 aromatic heterocycles. The van der Waals surface area contributed by atoms with Crippen LogP contribution in [0.25, 0.3) is 0 Å². The molecule has 0 unspecified atom stereocenters. The molecule has 0 bridgehead atoms. The summed E-state index contributed by atoms with van der Waals surface area (Å²) >= 11 is 0. The number of benzene rings is 1. The maximum atomic E-state index is 12.4. The second-order valence-corrected chi connectivity index (χ2v) is 5.87. The predicted octanol–water partition coefficient (Wildman–Crippen LogP) is 3.18. The van der Waals surface area contributed by atoms with Crippen LogP contribution in [0.15, 0.2) is 53.5 Å². The van der Waals surface area contributed by atoms with E-state index in [1.807, 2.05) is 6.07 Å². The van der Waals surface area contributed by atoms with E-state index in [9.17, 15) is 9.59 Å². The van der Waals surface area contributed by atoms with E-state index in [1.54, 1.807) is 23.2 Å². The van der Waals surface area contributed by atoms with Crippen molar-refractivity contribution in [3.63, 3.8) is 0 Å². The lowest BCUT2D eigenvalue weighted by Gasteiger charge is -2.21. The Balaban J connectivity index is 1.63. The van der Waals surface area contributed by atoms with Gasteiger partial charge in [-0.25, -0.2) is 4.79 Å². The molecule has 0 radical (unpaired) electrons. The molecule has 3 rings (SSSR count). The molecule has 1 aliphatic heterocycles. The van der Waals surface area contributed by atoms with Crippen molar-refractivity contribution in [1.82, 2.24) is 9.88 Å². The molecule has 0 aliphatic carbocycles.